The first-order chi connectivity index (χ1) is 15.0. The third kappa shape index (κ3) is 4.26. The van der Waals surface area contributed by atoms with E-state index in [2.05, 4.69) is 34.3 Å². The lowest BCUT2D eigenvalue weighted by molar-refractivity contribution is 0.408. The summed E-state index contributed by atoms with van der Waals surface area (Å²) in [4.78, 5) is 4.62. The van der Waals surface area contributed by atoms with Gasteiger partial charge in [0.2, 0.25) is 0 Å². The molecule has 2 aromatic heterocycles. The van der Waals surface area contributed by atoms with Crippen LogP contribution >= 0.6 is 0 Å². The predicted molar refractivity (Wildman–Crippen MR) is 121 cm³/mol. The molecule has 2 aromatic carbocycles. The van der Waals surface area contributed by atoms with Gasteiger partial charge in [0.05, 0.1) is 26.1 Å². The van der Waals surface area contributed by atoms with Gasteiger partial charge in [-0.05, 0) is 47.4 Å². The normalized spacial score (nSPS) is 12.0. The molecule has 0 aliphatic rings. The van der Waals surface area contributed by atoms with Crippen LogP contribution in [0.15, 0.2) is 61.1 Å². The van der Waals surface area contributed by atoms with Gasteiger partial charge >= 0.3 is 0 Å². The van der Waals surface area contributed by atoms with E-state index in [-0.39, 0.29) is 5.92 Å². The van der Waals surface area contributed by atoms with Gasteiger partial charge in [0.1, 0.15) is 11.5 Å². The number of hydrogen-bond donors (Lipinski definition) is 1. The summed E-state index contributed by atoms with van der Waals surface area (Å²) in [5.41, 5.74) is 11.4. The number of nitrogens with two attached hydrogens (primary N) is 1. The van der Waals surface area contributed by atoms with Crippen LogP contribution in [0.5, 0.6) is 11.5 Å². The first kappa shape index (κ1) is 20.5. The third-order valence-electron chi connectivity index (χ3n) is 5.55. The number of imidazole rings is 1. The molecule has 31 heavy (non-hydrogen) atoms. The van der Waals surface area contributed by atoms with Crippen molar-refractivity contribution in [3.8, 4) is 22.6 Å². The Hall–Kier alpha value is -3.74. The highest BCUT2D eigenvalue weighted by molar-refractivity contribution is 5.64. The fraction of sp³-hybridized carbons (Fsp3) is 0.250. The van der Waals surface area contributed by atoms with Gasteiger partial charge < -0.3 is 19.8 Å². The second-order valence-electron chi connectivity index (χ2n) is 7.59. The van der Waals surface area contributed by atoms with Crippen molar-refractivity contribution in [3.63, 3.8) is 0 Å². The minimum Gasteiger partial charge on any atom is -0.497 e. The number of nitrogens with zero attached hydrogens (tertiary/aromatic N) is 4. The lowest BCUT2D eigenvalue weighted by Gasteiger charge is -2.18. The highest BCUT2D eigenvalue weighted by Gasteiger charge is 2.21. The molecule has 0 saturated heterocycles. The number of rotatable bonds is 7. The molecule has 2 heterocycles. The van der Waals surface area contributed by atoms with Crippen molar-refractivity contribution in [2.75, 3.05) is 20.0 Å². The highest BCUT2D eigenvalue weighted by Crippen LogP contribution is 2.34. The number of aromatic nitrogens is 4. The Morgan fingerprint density at radius 3 is 2.32 bits per heavy atom. The average molecular weight is 418 g/mol. The van der Waals surface area contributed by atoms with E-state index in [4.69, 9.17) is 15.2 Å². The van der Waals surface area contributed by atoms with Crippen LogP contribution in [0.3, 0.4) is 0 Å². The Morgan fingerprint density at radius 2 is 1.74 bits per heavy atom. The summed E-state index contributed by atoms with van der Waals surface area (Å²) in [7, 11) is 7.18. The second kappa shape index (κ2) is 8.55. The molecule has 7 nitrogen and oxygen atoms in total. The number of hydrogen-bond acceptors (Lipinski definition) is 5. The summed E-state index contributed by atoms with van der Waals surface area (Å²) in [6.07, 6.45) is 6.57. The Labute approximate surface area is 182 Å². The maximum Gasteiger partial charge on any atom is 0.200 e. The minimum absolute atomic E-state index is 0.00690. The Bertz CT molecular complexity index is 1160. The van der Waals surface area contributed by atoms with E-state index in [9.17, 15) is 0 Å². The number of nitrogen functional groups attached to an aromatic ring is 1. The third-order valence-corrected chi connectivity index (χ3v) is 5.55. The largest absolute Gasteiger partial charge is 0.497 e. The molecule has 0 spiro atoms. The van der Waals surface area contributed by atoms with E-state index >= 15 is 0 Å². The van der Waals surface area contributed by atoms with E-state index in [1.54, 1.807) is 18.9 Å². The Balaban J connectivity index is 1.76. The van der Waals surface area contributed by atoms with Crippen molar-refractivity contribution in [2.24, 2.45) is 14.1 Å². The average Bonchev–Trinajstić information content (AvgIpc) is 3.37. The first-order valence-electron chi connectivity index (χ1n) is 10.1. The number of benzene rings is 2. The molecule has 0 fully saturated rings. The molecule has 0 saturated carbocycles. The number of ether oxygens (including phenoxy) is 2. The van der Waals surface area contributed by atoms with Gasteiger partial charge in [-0.2, -0.15) is 5.10 Å². The molecule has 0 aliphatic carbocycles. The minimum atomic E-state index is 0.00690. The molecule has 0 amide bonds. The Kier molecular flexibility index (Phi) is 5.66. The molecule has 0 aliphatic heterocycles. The molecule has 160 valence electrons. The van der Waals surface area contributed by atoms with Crippen LogP contribution in [0.25, 0.3) is 11.1 Å². The number of anilines is 1. The van der Waals surface area contributed by atoms with Crippen LogP contribution in [0, 0.1) is 0 Å². The molecule has 1 unspecified atom stereocenters. The molecular formula is C24H27N5O2. The van der Waals surface area contributed by atoms with Crippen molar-refractivity contribution in [1.82, 2.24) is 19.3 Å². The Morgan fingerprint density at radius 1 is 0.968 bits per heavy atom. The SMILES string of the molecule is COc1ccc(C(Cc2cc(-c3cnn(C)c3)ccc2OC)c2cn(C)c(N)n2)cc1. The molecule has 2 N–H and O–H groups in total. The highest BCUT2D eigenvalue weighted by atomic mass is 16.5. The van der Waals surface area contributed by atoms with Crippen LogP contribution in [-0.4, -0.2) is 33.6 Å². The zero-order valence-corrected chi connectivity index (χ0v) is 18.2. The molecule has 0 radical (unpaired) electrons. The van der Waals surface area contributed by atoms with E-state index in [0.29, 0.717) is 12.4 Å². The van der Waals surface area contributed by atoms with Crippen molar-refractivity contribution in [2.45, 2.75) is 12.3 Å². The van der Waals surface area contributed by atoms with Gasteiger partial charge in [0, 0.05) is 38.0 Å². The van der Waals surface area contributed by atoms with Crippen molar-refractivity contribution < 1.29 is 9.47 Å². The topological polar surface area (TPSA) is 80.1 Å². The van der Waals surface area contributed by atoms with Gasteiger partial charge in [-0.25, -0.2) is 4.98 Å². The first-order valence-corrected chi connectivity index (χ1v) is 10.1. The zero-order valence-electron chi connectivity index (χ0n) is 18.2. The smallest absolute Gasteiger partial charge is 0.200 e. The van der Waals surface area contributed by atoms with Crippen molar-refractivity contribution in [1.29, 1.82) is 0 Å². The van der Waals surface area contributed by atoms with Crippen molar-refractivity contribution >= 4 is 5.95 Å². The summed E-state index contributed by atoms with van der Waals surface area (Å²) in [5.74, 6) is 2.16. The van der Waals surface area contributed by atoms with Crippen LogP contribution in [0.4, 0.5) is 5.95 Å². The number of aryl methyl sites for hydroxylation is 2. The quantitative estimate of drug-likeness (QED) is 0.495. The van der Waals surface area contributed by atoms with E-state index in [1.165, 1.54) is 0 Å². The second-order valence-corrected chi connectivity index (χ2v) is 7.59. The zero-order chi connectivity index (χ0) is 22.0. The van der Waals surface area contributed by atoms with E-state index in [1.807, 2.05) is 55.5 Å². The summed E-state index contributed by atoms with van der Waals surface area (Å²) in [6.45, 7) is 0. The summed E-state index contributed by atoms with van der Waals surface area (Å²) < 4.78 is 14.7. The maximum atomic E-state index is 6.05. The van der Waals surface area contributed by atoms with Crippen LogP contribution in [-0.2, 0) is 20.5 Å². The van der Waals surface area contributed by atoms with Crippen LogP contribution < -0.4 is 15.2 Å². The fourth-order valence-electron chi connectivity index (χ4n) is 3.81. The van der Waals surface area contributed by atoms with Gasteiger partial charge in [0.15, 0.2) is 5.95 Å². The summed E-state index contributed by atoms with van der Waals surface area (Å²) in [5, 5.41) is 4.30. The van der Waals surface area contributed by atoms with Gasteiger partial charge in [-0.3, -0.25) is 4.68 Å². The van der Waals surface area contributed by atoms with Crippen LogP contribution in [0.1, 0.15) is 22.7 Å². The lowest BCUT2D eigenvalue weighted by Crippen LogP contribution is -2.07. The molecule has 7 heteroatoms. The molecule has 1 atom stereocenters. The van der Waals surface area contributed by atoms with Gasteiger partial charge in [-0.15, -0.1) is 0 Å². The van der Waals surface area contributed by atoms with Gasteiger partial charge in [-0.1, -0.05) is 18.2 Å². The van der Waals surface area contributed by atoms with Crippen molar-refractivity contribution in [3.05, 3.63) is 77.9 Å². The lowest BCUT2D eigenvalue weighted by atomic mass is 9.88. The van der Waals surface area contributed by atoms with E-state index in [0.717, 1.165) is 39.4 Å². The van der Waals surface area contributed by atoms with E-state index < -0.39 is 0 Å². The molecular weight excluding hydrogens is 390 g/mol. The predicted octanol–water partition coefficient (Wildman–Crippen LogP) is 3.79. The molecule has 4 aromatic rings. The molecule has 0 bridgehead atoms. The van der Waals surface area contributed by atoms with Crippen LogP contribution in [0.2, 0.25) is 0 Å². The standard InChI is InChI=1S/C24H27N5O2/c1-28-15-22(27-24(28)25)21(16-5-8-20(30-3)9-6-16)12-18-11-17(7-10-23(18)31-4)19-13-26-29(2)14-19/h5-11,13-15,21H,12H2,1-4H3,(H2,25,27). The fourth-order valence-corrected chi connectivity index (χ4v) is 3.81. The van der Waals surface area contributed by atoms with Gasteiger partial charge in [0.25, 0.3) is 0 Å². The summed E-state index contributed by atoms with van der Waals surface area (Å²) >= 11 is 0. The summed E-state index contributed by atoms with van der Waals surface area (Å²) in [6, 6.07) is 14.3. The number of methoxy groups -OCH3 is 2. The monoisotopic (exact) mass is 417 g/mol. The maximum absolute atomic E-state index is 6.05. The molecule has 4 rings (SSSR count).